The van der Waals surface area contributed by atoms with E-state index in [-0.39, 0.29) is 5.41 Å². The summed E-state index contributed by atoms with van der Waals surface area (Å²) in [7, 11) is 1.93. The lowest BCUT2D eigenvalue weighted by molar-refractivity contribution is 0.558. The van der Waals surface area contributed by atoms with Crippen molar-refractivity contribution in [2.45, 2.75) is 26.2 Å². The lowest BCUT2D eigenvalue weighted by Crippen LogP contribution is -2.12. The number of fused-ring (bicyclic) bond motifs is 1. The van der Waals surface area contributed by atoms with Gasteiger partial charge in [-0.25, -0.2) is 4.98 Å². The summed E-state index contributed by atoms with van der Waals surface area (Å²) in [5.41, 5.74) is 2.07. The number of rotatable bonds is 0. The Morgan fingerprint density at radius 2 is 2.00 bits per heavy atom. The Labute approximate surface area is 97.6 Å². The van der Waals surface area contributed by atoms with Crippen LogP contribution in [0.2, 0.25) is 0 Å². The fourth-order valence-corrected chi connectivity index (χ4v) is 2.00. The highest BCUT2D eigenvalue weighted by Gasteiger charge is 2.22. The first-order chi connectivity index (χ1) is 6.89. The van der Waals surface area contributed by atoms with E-state index in [1.54, 1.807) is 6.20 Å². The zero-order valence-corrected chi connectivity index (χ0v) is 11.0. The molecule has 80 valence electrons. The minimum atomic E-state index is 0.0436. The molecule has 2 rings (SSSR count). The second kappa shape index (κ2) is 3.30. The molecule has 0 aliphatic rings. The van der Waals surface area contributed by atoms with Gasteiger partial charge in [-0.15, -0.1) is 0 Å². The van der Waals surface area contributed by atoms with E-state index in [4.69, 9.17) is 0 Å². The lowest BCUT2D eigenvalue weighted by atomic mass is 9.90. The topological polar surface area (TPSA) is 30.7 Å². The molecule has 0 saturated heterocycles. The van der Waals surface area contributed by atoms with Gasteiger partial charge in [0.15, 0.2) is 5.65 Å². The van der Waals surface area contributed by atoms with Gasteiger partial charge in [0.05, 0.1) is 5.69 Å². The van der Waals surface area contributed by atoms with Crippen molar-refractivity contribution in [3.63, 3.8) is 0 Å². The molecule has 4 heteroatoms. The van der Waals surface area contributed by atoms with Crippen molar-refractivity contribution in [2.24, 2.45) is 7.05 Å². The summed E-state index contributed by atoms with van der Waals surface area (Å²) in [6.45, 7) is 6.49. The van der Waals surface area contributed by atoms with Crippen LogP contribution in [0.15, 0.2) is 16.7 Å². The van der Waals surface area contributed by atoms with Gasteiger partial charge >= 0.3 is 0 Å². The van der Waals surface area contributed by atoms with E-state index in [1.807, 2.05) is 11.7 Å². The summed E-state index contributed by atoms with van der Waals surface area (Å²) in [5.74, 6) is 0. The van der Waals surface area contributed by atoms with E-state index in [2.05, 4.69) is 52.9 Å². The van der Waals surface area contributed by atoms with Crippen LogP contribution < -0.4 is 0 Å². The van der Waals surface area contributed by atoms with Crippen LogP contribution in [0, 0.1) is 0 Å². The van der Waals surface area contributed by atoms with Crippen LogP contribution in [0.4, 0.5) is 0 Å². The SMILES string of the molecule is Cn1nc(C(C)(C)C)c2cc(Br)cnc21. The Hall–Kier alpha value is -0.900. The third-order valence-electron chi connectivity index (χ3n) is 2.36. The van der Waals surface area contributed by atoms with Gasteiger partial charge < -0.3 is 0 Å². The molecule has 2 heterocycles. The Bertz CT molecular complexity index is 508. The minimum Gasteiger partial charge on any atom is -0.250 e. The highest BCUT2D eigenvalue weighted by atomic mass is 79.9. The number of halogens is 1. The normalized spacial score (nSPS) is 12.3. The van der Waals surface area contributed by atoms with Crippen molar-refractivity contribution < 1.29 is 0 Å². The summed E-state index contributed by atoms with van der Waals surface area (Å²) in [6, 6.07) is 2.08. The van der Waals surface area contributed by atoms with Crippen molar-refractivity contribution in [2.75, 3.05) is 0 Å². The Morgan fingerprint density at radius 3 is 2.60 bits per heavy atom. The van der Waals surface area contributed by atoms with Crippen LogP contribution in [-0.2, 0) is 12.5 Å². The van der Waals surface area contributed by atoms with Crippen LogP contribution in [-0.4, -0.2) is 14.8 Å². The van der Waals surface area contributed by atoms with Gasteiger partial charge in [-0.1, -0.05) is 20.8 Å². The molecule has 0 aromatic carbocycles. The maximum atomic E-state index is 4.54. The predicted molar refractivity (Wildman–Crippen MR) is 64.9 cm³/mol. The first-order valence-corrected chi connectivity index (χ1v) is 5.67. The van der Waals surface area contributed by atoms with Crippen molar-refractivity contribution >= 4 is 27.0 Å². The highest BCUT2D eigenvalue weighted by molar-refractivity contribution is 9.10. The summed E-state index contributed by atoms with van der Waals surface area (Å²) >= 11 is 3.44. The smallest absolute Gasteiger partial charge is 0.157 e. The number of hydrogen-bond donors (Lipinski definition) is 0. The van der Waals surface area contributed by atoms with Crippen molar-refractivity contribution in [1.29, 1.82) is 0 Å². The molecule has 0 saturated carbocycles. The number of aryl methyl sites for hydroxylation is 1. The number of pyridine rings is 1. The summed E-state index contributed by atoms with van der Waals surface area (Å²) in [5, 5.41) is 5.66. The standard InChI is InChI=1S/C11H14BrN3/c1-11(2,3)9-8-5-7(12)6-13-10(8)15(4)14-9/h5-6H,1-4H3. The van der Waals surface area contributed by atoms with Crippen molar-refractivity contribution in [1.82, 2.24) is 14.8 Å². The third-order valence-corrected chi connectivity index (χ3v) is 2.79. The van der Waals surface area contributed by atoms with E-state index in [0.29, 0.717) is 0 Å². The number of nitrogens with zero attached hydrogens (tertiary/aromatic N) is 3. The molecule has 2 aromatic heterocycles. The molecule has 0 fully saturated rings. The van der Waals surface area contributed by atoms with Crippen LogP contribution >= 0.6 is 15.9 Å². The molecule has 3 nitrogen and oxygen atoms in total. The first kappa shape index (κ1) is 10.6. The van der Waals surface area contributed by atoms with E-state index in [9.17, 15) is 0 Å². The maximum Gasteiger partial charge on any atom is 0.157 e. The minimum absolute atomic E-state index is 0.0436. The van der Waals surface area contributed by atoms with Gasteiger partial charge in [-0.3, -0.25) is 4.68 Å². The van der Waals surface area contributed by atoms with Crippen LogP contribution in [0.5, 0.6) is 0 Å². The van der Waals surface area contributed by atoms with Crippen LogP contribution in [0.25, 0.3) is 11.0 Å². The average Bonchev–Trinajstić information content (AvgIpc) is 2.42. The molecule has 0 aliphatic heterocycles. The van der Waals surface area contributed by atoms with E-state index in [1.165, 1.54) is 0 Å². The molecule has 15 heavy (non-hydrogen) atoms. The largest absolute Gasteiger partial charge is 0.250 e. The number of hydrogen-bond acceptors (Lipinski definition) is 2. The third kappa shape index (κ3) is 1.78. The first-order valence-electron chi connectivity index (χ1n) is 4.88. The molecular weight excluding hydrogens is 254 g/mol. The van der Waals surface area contributed by atoms with Gasteiger partial charge in [0.1, 0.15) is 0 Å². The molecule has 0 atom stereocenters. The van der Waals surface area contributed by atoms with Gasteiger partial charge in [-0.05, 0) is 22.0 Å². The summed E-state index contributed by atoms with van der Waals surface area (Å²) in [6.07, 6.45) is 1.80. The van der Waals surface area contributed by atoms with Gasteiger partial charge in [-0.2, -0.15) is 5.10 Å². The maximum absolute atomic E-state index is 4.54. The van der Waals surface area contributed by atoms with Crippen LogP contribution in [0.1, 0.15) is 26.5 Å². The van der Waals surface area contributed by atoms with Gasteiger partial charge in [0.2, 0.25) is 0 Å². The molecule has 0 bridgehead atoms. The summed E-state index contributed by atoms with van der Waals surface area (Å²) < 4.78 is 2.83. The molecule has 2 aromatic rings. The quantitative estimate of drug-likeness (QED) is 0.735. The average molecular weight is 268 g/mol. The van der Waals surface area contributed by atoms with Crippen molar-refractivity contribution in [3.05, 3.63) is 22.4 Å². The fourth-order valence-electron chi connectivity index (χ4n) is 1.67. The lowest BCUT2D eigenvalue weighted by Gasteiger charge is -2.15. The molecule has 0 amide bonds. The zero-order valence-electron chi connectivity index (χ0n) is 9.37. The molecule has 0 unspecified atom stereocenters. The fraction of sp³-hybridized carbons (Fsp3) is 0.455. The molecule has 0 spiro atoms. The van der Waals surface area contributed by atoms with Gasteiger partial charge in [0.25, 0.3) is 0 Å². The van der Waals surface area contributed by atoms with Gasteiger partial charge in [0, 0.05) is 28.5 Å². The Kier molecular flexibility index (Phi) is 2.34. The highest BCUT2D eigenvalue weighted by Crippen LogP contribution is 2.29. The summed E-state index contributed by atoms with van der Waals surface area (Å²) in [4.78, 5) is 4.37. The second-order valence-corrected chi connectivity index (χ2v) is 5.66. The molecular formula is C11H14BrN3. The predicted octanol–water partition coefficient (Wildman–Crippen LogP) is 3.03. The monoisotopic (exact) mass is 267 g/mol. The second-order valence-electron chi connectivity index (χ2n) is 4.75. The Balaban J connectivity index is 2.81. The number of aromatic nitrogens is 3. The Morgan fingerprint density at radius 1 is 1.33 bits per heavy atom. The molecule has 0 N–H and O–H groups in total. The molecule has 0 aliphatic carbocycles. The zero-order chi connectivity index (χ0) is 11.2. The molecule has 0 radical (unpaired) electrons. The van der Waals surface area contributed by atoms with E-state index < -0.39 is 0 Å². The van der Waals surface area contributed by atoms with E-state index >= 15 is 0 Å². The van der Waals surface area contributed by atoms with Crippen LogP contribution in [0.3, 0.4) is 0 Å². The van der Waals surface area contributed by atoms with E-state index in [0.717, 1.165) is 21.2 Å². The van der Waals surface area contributed by atoms with Crippen molar-refractivity contribution in [3.8, 4) is 0 Å².